The molecule has 0 saturated carbocycles. The van der Waals surface area contributed by atoms with Crippen molar-refractivity contribution in [3.8, 4) is 67.5 Å². The van der Waals surface area contributed by atoms with Crippen LogP contribution in [0.25, 0.3) is 50.1 Å². The van der Waals surface area contributed by atoms with Crippen molar-refractivity contribution in [2.45, 2.75) is 18.3 Å². The van der Waals surface area contributed by atoms with Crippen LogP contribution in [0.3, 0.4) is 0 Å². The molecule has 302 valence electrons. The van der Waals surface area contributed by atoms with Crippen molar-refractivity contribution >= 4 is 22.6 Å². The smallest absolute Gasteiger partial charge is 0.194 e. The Hall–Kier alpha value is -8.14. The fourth-order valence-corrected chi connectivity index (χ4v) is 10.9. The molecule has 9 aromatic rings. The van der Waals surface area contributed by atoms with E-state index in [1.807, 2.05) is 6.07 Å². The monoisotopic (exact) mass is 819 g/mol. The fraction of sp³-hybridized carbons (Fsp3) is 0.0492. The Morgan fingerprint density at radius 2 is 0.938 bits per heavy atom. The summed E-state index contributed by atoms with van der Waals surface area (Å²) >= 11 is 0. The minimum absolute atomic E-state index is 0.412. The first kappa shape index (κ1) is 36.5. The first-order valence-corrected chi connectivity index (χ1v) is 22.2. The Labute approximate surface area is 373 Å². The number of fused-ring (bicyclic) bond motifs is 12. The van der Waals surface area contributed by atoms with Gasteiger partial charge >= 0.3 is 0 Å². The van der Waals surface area contributed by atoms with Crippen LogP contribution in [0.1, 0.15) is 35.1 Å². The van der Waals surface area contributed by atoms with E-state index in [4.69, 9.17) is 9.47 Å². The summed E-state index contributed by atoms with van der Waals surface area (Å²) in [7, 11) is 0. The van der Waals surface area contributed by atoms with Gasteiger partial charge in [-0.1, -0.05) is 182 Å². The molecule has 0 amide bonds. The van der Waals surface area contributed by atoms with E-state index in [0.29, 0.717) is 11.5 Å². The molecule has 9 aromatic carbocycles. The maximum absolute atomic E-state index is 7.45. The van der Waals surface area contributed by atoms with E-state index in [2.05, 4.69) is 223 Å². The van der Waals surface area contributed by atoms with Gasteiger partial charge < -0.3 is 14.4 Å². The van der Waals surface area contributed by atoms with Crippen molar-refractivity contribution in [2.24, 2.45) is 0 Å². The molecule has 64 heavy (non-hydrogen) atoms. The molecule has 0 unspecified atom stereocenters. The second-order valence-electron chi connectivity index (χ2n) is 17.0. The number of rotatable bonds is 6. The normalized spacial score (nSPS) is 14.4. The van der Waals surface area contributed by atoms with Gasteiger partial charge in [0.25, 0.3) is 0 Å². The number of benzene rings is 9. The highest BCUT2D eigenvalue weighted by Crippen LogP contribution is 2.67. The predicted octanol–water partition coefficient (Wildman–Crippen LogP) is 16.5. The van der Waals surface area contributed by atoms with E-state index in [-0.39, 0.29) is 0 Å². The zero-order valence-corrected chi connectivity index (χ0v) is 35.0. The van der Waals surface area contributed by atoms with Crippen LogP contribution in [0.4, 0.5) is 17.1 Å². The van der Waals surface area contributed by atoms with Crippen LogP contribution in [0.2, 0.25) is 0 Å². The number of hydrogen-bond donors (Lipinski definition) is 0. The maximum atomic E-state index is 7.45. The third kappa shape index (κ3) is 5.47. The Bertz CT molecular complexity index is 3340. The molecule has 3 aliphatic carbocycles. The number of hydrogen-bond acceptors (Lipinski definition) is 3. The Morgan fingerprint density at radius 3 is 1.59 bits per heavy atom. The summed E-state index contributed by atoms with van der Waals surface area (Å²) in [5, 5.41) is 0. The molecule has 1 aliphatic heterocycles. The molecule has 1 heterocycles. The van der Waals surface area contributed by atoms with Crippen molar-refractivity contribution < 1.29 is 9.47 Å². The van der Waals surface area contributed by atoms with Gasteiger partial charge in [-0.25, -0.2) is 0 Å². The summed E-state index contributed by atoms with van der Waals surface area (Å²) in [5.41, 5.74) is 19.8. The molecule has 0 N–H and O–H groups in total. The summed E-state index contributed by atoms with van der Waals surface area (Å²) in [6.07, 6.45) is 6.62. The van der Waals surface area contributed by atoms with Crippen molar-refractivity contribution in [1.29, 1.82) is 0 Å². The van der Waals surface area contributed by atoms with Gasteiger partial charge in [0.05, 0.1) is 11.1 Å². The van der Waals surface area contributed by atoms with Gasteiger partial charge in [0.2, 0.25) is 0 Å². The van der Waals surface area contributed by atoms with E-state index < -0.39 is 5.41 Å². The van der Waals surface area contributed by atoms with E-state index in [1.54, 1.807) is 0 Å². The largest absolute Gasteiger partial charge is 0.449 e. The summed E-state index contributed by atoms with van der Waals surface area (Å²) in [6.45, 7) is 0. The lowest BCUT2D eigenvalue weighted by Gasteiger charge is -2.34. The number of para-hydroxylation sites is 1. The average Bonchev–Trinajstić information content (AvgIpc) is 3.84. The lowest BCUT2D eigenvalue weighted by atomic mass is 9.68. The molecule has 1 spiro atoms. The van der Waals surface area contributed by atoms with Crippen molar-refractivity contribution in [1.82, 2.24) is 0 Å². The van der Waals surface area contributed by atoms with Crippen LogP contribution >= 0.6 is 0 Å². The minimum atomic E-state index is -0.412. The van der Waals surface area contributed by atoms with Crippen LogP contribution in [0, 0.1) is 0 Å². The quantitative estimate of drug-likeness (QED) is 0.167. The predicted molar refractivity (Wildman–Crippen MR) is 261 cm³/mol. The van der Waals surface area contributed by atoms with E-state index in [9.17, 15) is 0 Å². The molecule has 4 aliphatic rings. The summed E-state index contributed by atoms with van der Waals surface area (Å²) < 4.78 is 14.4. The molecule has 3 heteroatoms. The van der Waals surface area contributed by atoms with Gasteiger partial charge in [0, 0.05) is 16.9 Å². The highest BCUT2D eigenvalue weighted by molar-refractivity contribution is 6.00. The van der Waals surface area contributed by atoms with E-state index in [0.717, 1.165) is 69.2 Å². The molecule has 13 rings (SSSR count). The SMILES string of the molecule is C1=CC2=C(CC1)C1(c3ccccc3-c3ccccc31)c1ccc3c(c12)Oc1c(cccc1N(c1cccc(-c2ccccc2)c1)c1cccc(-c2ccc(-c4ccccc4)cc2)c1)O3. The number of allylic oxidation sites excluding steroid dienone is 4. The lowest BCUT2D eigenvalue weighted by Crippen LogP contribution is -2.27. The fourth-order valence-electron chi connectivity index (χ4n) is 10.9. The molecule has 0 fully saturated rings. The first-order valence-electron chi connectivity index (χ1n) is 22.2. The van der Waals surface area contributed by atoms with Gasteiger partial charge in [-0.2, -0.15) is 0 Å². The van der Waals surface area contributed by atoms with Gasteiger partial charge in [0.15, 0.2) is 23.0 Å². The summed E-state index contributed by atoms with van der Waals surface area (Å²) in [5.74, 6) is 2.85. The molecule has 0 saturated heterocycles. The maximum Gasteiger partial charge on any atom is 0.194 e. The topological polar surface area (TPSA) is 21.7 Å². The van der Waals surface area contributed by atoms with Crippen LogP contribution < -0.4 is 14.4 Å². The minimum Gasteiger partial charge on any atom is -0.449 e. The summed E-state index contributed by atoms with van der Waals surface area (Å²) in [6, 6.07) is 76.2. The zero-order chi connectivity index (χ0) is 42.2. The van der Waals surface area contributed by atoms with E-state index >= 15 is 0 Å². The Morgan fingerprint density at radius 1 is 0.406 bits per heavy atom. The first-order chi connectivity index (χ1) is 31.7. The molecule has 0 radical (unpaired) electrons. The van der Waals surface area contributed by atoms with Crippen molar-refractivity contribution in [2.75, 3.05) is 4.90 Å². The third-order valence-electron chi connectivity index (χ3n) is 13.6. The van der Waals surface area contributed by atoms with Crippen LogP contribution in [-0.4, -0.2) is 0 Å². The van der Waals surface area contributed by atoms with E-state index in [1.165, 1.54) is 50.1 Å². The standard InChI is InChI=1S/C61H41NO2/c1-3-16-40(17-4-1)42-32-34-43(35-33-42)45-21-14-23-47(39-45)62(46-22-13-20-44(38-46)41-18-5-2-6-19-41)55-30-15-31-56-59(55)64-60-57(63-56)37-36-54-58(60)50-26-9-12-29-53(50)61(54)51-27-10-7-24-48(51)49-25-8-11-28-52(49)61/h1-11,13-28,30-39H,12,29H2. The van der Waals surface area contributed by atoms with Gasteiger partial charge in [-0.05, 0) is 128 Å². The summed E-state index contributed by atoms with van der Waals surface area (Å²) in [4.78, 5) is 2.32. The second kappa shape index (κ2) is 14.5. The second-order valence-corrected chi connectivity index (χ2v) is 17.0. The molecular formula is C61H41NO2. The molecular weight excluding hydrogens is 779 g/mol. The van der Waals surface area contributed by atoms with Crippen LogP contribution in [-0.2, 0) is 5.41 Å². The number of anilines is 3. The highest BCUT2D eigenvalue weighted by atomic mass is 16.6. The molecule has 3 nitrogen and oxygen atoms in total. The molecule has 0 atom stereocenters. The number of ether oxygens (including phenoxy) is 2. The Kier molecular flexibility index (Phi) is 8.26. The van der Waals surface area contributed by atoms with Crippen LogP contribution in [0.5, 0.6) is 23.0 Å². The lowest BCUT2D eigenvalue weighted by molar-refractivity contribution is 0.359. The zero-order valence-electron chi connectivity index (χ0n) is 35.0. The third-order valence-corrected chi connectivity index (χ3v) is 13.6. The van der Waals surface area contributed by atoms with Crippen molar-refractivity contribution in [3.63, 3.8) is 0 Å². The van der Waals surface area contributed by atoms with Crippen LogP contribution in [0.15, 0.2) is 230 Å². The van der Waals surface area contributed by atoms with Gasteiger partial charge in [0.1, 0.15) is 0 Å². The van der Waals surface area contributed by atoms with Gasteiger partial charge in [-0.3, -0.25) is 0 Å². The van der Waals surface area contributed by atoms with Crippen molar-refractivity contribution in [3.05, 3.63) is 252 Å². The highest BCUT2D eigenvalue weighted by Gasteiger charge is 2.54. The van der Waals surface area contributed by atoms with Gasteiger partial charge in [-0.15, -0.1) is 0 Å². The molecule has 0 bridgehead atoms. The molecule has 0 aromatic heterocycles. The number of nitrogens with zero attached hydrogens (tertiary/aromatic N) is 1. The average molecular weight is 820 g/mol. The Balaban J connectivity index is 0.978.